The van der Waals surface area contributed by atoms with Gasteiger partial charge in [-0.3, -0.25) is 10.1 Å². The van der Waals surface area contributed by atoms with Crippen LogP contribution >= 0.6 is 0 Å². The Bertz CT molecular complexity index is 471. The van der Waals surface area contributed by atoms with Crippen molar-refractivity contribution in [3.63, 3.8) is 0 Å². The predicted octanol–water partition coefficient (Wildman–Crippen LogP) is 0.922. The summed E-state index contributed by atoms with van der Waals surface area (Å²) in [4.78, 5) is 14.3. The number of ether oxygens (including phenoxy) is 2. The fraction of sp³-hybridized carbons (Fsp3) is 0.533. The Morgan fingerprint density at radius 3 is 2.90 bits per heavy atom. The third-order valence-corrected chi connectivity index (χ3v) is 4.16. The first-order valence-corrected chi connectivity index (χ1v) is 6.94. The number of nitrogens with zero attached hydrogens (tertiary/aromatic N) is 1. The molecule has 3 rings (SSSR count). The SMILES string of the molecule is COC1(CN2CNC(c3ccccc3)C2=O)CCOC1. The Balaban J connectivity index is 1.70. The molecule has 0 aliphatic carbocycles. The lowest BCUT2D eigenvalue weighted by Crippen LogP contribution is -2.46. The molecule has 1 N–H and O–H groups in total. The monoisotopic (exact) mass is 276 g/mol. The summed E-state index contributed by atoms with van der Waals surface area (Å²) < 4.78 is 11.0. The normalized spacial score (nSPS) is 30.1. The van der Waals surface area contributed by atoms with Crippen molar-refractivity contribution in [3.05, 3.63) is 35.9 Å². The van der Waals surface area contributed by atoms with E-state index in [0.29, 0.717) is 26.4 Å². The van der Waals surface area contributed by atoms with Crippen LogP contribution in [0.25, 0.3) is 0 Å². The van der Waals surface area contributed by atoms with Crippen LogP contribution in [0.4, 0.5) is 0 Å². The minimum Gasteiger partial charge on any atom is -0.378 e. The molecular weight excluding hydrogens is 256 g/mol. The highest BCUT2D eigenvalue weighted by Gasteiger charge is 2.41. The lowest BCUT2D eigenvalue weighted by Gasteiger charge is -2.30. The van der Waals surface area contributed by atoms with Crippen LogP contribution < -0.4 is 5.32 Å². The molecule has 1 aromatic rings. The fourth-order valence-corrected chi connectivity index (χ4v) is 2.88. The number of amides is 1. The molecule has 2 unspecified atom stereocenters. The van der Waals surface area contributed by atoms with Gasteiger partial charge in [0.15, 0.2) is 0 Å². The van der Waals surface area contributed by atoms with E-state index < -0.39 is 0 Å². The smallest absolute Gasteiger partial charge is 0.245 e. The minimum absolute atomic E-state index is 0.111. The number of rotatable bonds is 4. The van der Waals surface area contributed by atoms with Crippen molar-refractivity contribution < 1.29 is 14.3 Å². The van der Waals surface area contributed by atoms with Gasteiger partial charge in [0.05, 0.1) is 19.8 Å². The molecule has 0 aromatic heterocycles. The van der Waals surface area contributed by atoms with E-state index in [-0.39, 0.29) is 17.6 Å². The summed E-state index contributed by atoms with van der Waals surface area (Å²) in [6.07, 6.45) is 0.837. The van der Waals surface area contributed by atoms with E-state index in [1.807, 2.05) is 35.2 Å². The average molecular weight is 276 g/mol. The van der Waals surface area contributed by atoms with Gasteiger partial charge in [-0.1, -0.05) is 30.3 Å². The zero-order valence-corrected chi connectivity index (χ0v) is 11.7. The molecule has 2 aliphatic heterocycles. The molecule has 0 spiro atoms. The molecular formula is C15H20N2O3. The predicted molar refractivity (Wildman–Crippen MR) is 74.1 cm³/mol. The Labute approximate surface area is 118 Å². The topological polar surface area (TPSA) is 50.8 Å². The van der Waals surface area contributed by atoms with E-state index in [2.05, 4.69) is 5.32 Å². The van der Waals surface area contributed by atoms with Gasteiger partial charge in [0.2, 0.25) is 5.91 Å². The molecule has 1 amide bonds. The summed E-state index contributed by atoms with van der Waals surface area (Å²) in [7, 11) is 1.69. The van der Waals surface area contributed by atoms with E-state index in [0.717, 1.165) is 12.0 Å². The van der Waals surface area contributed by atoms with Crippen LogP contribution in [-0.2, 0) is 14.3 Å². The van der Waals surface area contributed by atoms with Gasteiger partial charge in [-0.15, -0.1) is 0 Å². The zero-order chi connectivity index (χ0) is 14.0. The molecule has 0 bridgehead atoms. The maximum Gasteiger partial charge on any atom is 0.245 e. The van der Waals surface area contributed by atoms with Crippen molar-refractivity contribution in [2.45, 2.75) is 18.1 Å². The Morgan fingerprint density at radius 1 is 1.45 bits per heavy atom. The van der Waals surface area contributed by atoms with Crippen LogP contribution in [0, 0.1) is 0 Å². The van der Waals surface area contributed by atoms with Crippen LogP contribution in [-0.4, -0.2) is 49.9 Å². The number of hydrogen-bond donors (Lipinski definition) is 1. The lowest BCUT2D eigenvalue weighted by molar-refractivity contribution is -0.133. The van der Waals surface area contributed by atoms with Crippen LogP contribution in [0.1, 0.15) is 18.0 Å². The average Bonchev–Trinajstić information content (AvgIpc) is 3.09. The molecule has 2 fully saturated rings. The summed E-state index contributed by atoms with van der Waals surface area (Å²) in [5.41, 5.74) is 0.664. The van der Waals surface area contributed by atoms with Gasteiger partial charge in [0.25, 0.3) is 0 Å². The van der Waals surface area contributed by atoms with Crippen LogP contribution in [0.15, 0.2) is 30.3 Å². The molecule has 0 saturated carbocycles. The molecule has 0 radical (unpaired) electrons. The Hall–Kier alpha value is -1.43. The van der Waals surface area contributed by atoms with Crippen LogP contribution in [0.5, 0.6) is 0 Å². The fourth-order valence-electron chi connectivity index (χ4n) is 2.88. The largest absolute Gasteiger partial charge is 0.378 e. The minimum atomic E-state index is -0.344. The number of carbonyl (C=O) groups excluding carboxylic acids is 1. The van der Waals surface area contributed by atoms with E-state index in [1.165, 1.54) is 0 Å². The second-order valence-electron chi connectivity index (χ2n) is 5.43. The van der Waals surface area contributed by atoms with Crippen molar-refractivity contribution in [1.82, 2.24) is 10.2 Å². The quantitative estimate of drug-likeness (QED) is 0.888. The van der Waals surface area contributed by atoms with E-state index in [4.69, 9.17) is 9.47 Å². The summed E-state index contributed by atoms with van der Waals surface area (Å²) in [5, 5.41) is 3.27. The number of nitrogens with one attached hydrogen (secondary N) is 1. The van der Waals surface area contributed by atoms with Gasteiger partial charge in [-0.05, 0) is 5.56 Å². The molecule has 1 aromatic carbocycles. The van der Waals surface area contributed by atoms with E-state index >= 15 is 0 Å². The summed E-state index contributed by atoms with van der Waals surface area (Å²) in [6, 6.07) is 9.57. The standard InChI is InChI=1S/C15H20N2O3/c1-19-15(7-8-20-10-15)9-17-11-16-13(14(17)18)12-5-3-2-4-6-12/h2-6,13,16H,7-11H2,1H3. The Morgan fingerprint density at radius 2 is 2.25 bits per heavy atom. The third kappa shape index (κ3) is 2.44. The molecule has 5 nitrogen and oxygen atoms in total. The molecule has 2 heterocycles. The van der Waals surface area contributed by atoms with Crippen molar-refractivity contribution in [1.29, 1.82) is 0 Å². The summed E-state index contributed by atoms with van der Waals surface area (Å²) in [5.74, 6) is 0.111. The number of benzene rings is 1. The highest BCUT2D eigenvalue weighted by Crippen LogP contribution is 2.27. The highest BCUT2D eigenvalue weighted by molar-refractivity contribution is 5.85. The van der Waals surface area contributed by atoms with Gasteiger partial charge in [0.1, 0.15) is 11.6 Å². The number of hydrogen-bond acceptors (Lipinski definition) is 4. The van der Waals surface area contributed by atoms with Gasteiger partial charge < -0.3 is 14.4 Å². The maximum atomic E-state index is 12.5. The van der Waals surface area contributed by atoms with Gasteiger partial charge in [-0.25, -0.2) is 0 Å². The summed E-state index contributed by atoms with van der Waals surface area (Å²) >= 11 is 0. The second-order valence-corrected chi connectivity index (χ2v) is 5.43. The highest BCUT2D eigenvalue weighted by atomic mass is 16.5. The first kappa shape index (κ1) is 13.5. The zero-order valence-electron chi connectivity index (χ0n) is 11.7. The van der Waals surface area contributed by atoms with Crippen molar-refractivity contribution >= 4 is 5.91 Å². The number of carbonyl (C=O) groups is 1. The third-order valence-electron chi connectivity index (χ3n) is 4.16. The van der Waals surface area contributed by atoms with E-state index in [9.17, 15) is 4.79 Å². The van der Waals surface area contributed by atoms with Gasteiger partial charge in [0, 0.05) is 20.1 Å². The molecule has 2 aliphatic rings. The lowest BCUT2D eigenvalue weighted by atomic mass is 10.0. The van der Waals surface area contributed by atoms with Gasteiger partial charge in [-0.2, -0.15) is 0 Å². The first-order chi connectivity index (χ1) is 9.74. The first-order valence-electron chi connectivity index (χ1n) is 6.94. The molecule has 2 atom stereocenters. The van der Waals surface area contributed by atoms with E-state index in [1.54, 1.807) is 7.11 Å². The molecule has 2 saturated heterocycles. The van der Waals surface area contributed by atoms with Crippen LogP contribution in [0.2, 0.25) is 0 Å². The Kier molecular flexibility index (Phi) is 3.74. The maximum absolute atomic E-state index is 12.5. The van der Waals surface area contributed by atoms with Gasteiger partial charge >= 0.3 is 0 Å². The molecule has 108 valence electrons. The second kappa shape index (κ2) is 5.52. The summed E-state index contributed by atoms with van der Waals surface area (Å²) in [6.45, 7) is 2.40. The molecule has 5 heteroatoms. The van der Waals surface area contributed by atoms with Crippen molar-refractivity contribution in [2.24, 2.45) is 0 Å². The number of methoxy groups -OCH3 is 1. The molecule has 20 heavy (non-hydrogen) atoms. The van der Waals surface area contributed by atoms with Crippen molar-refractivity contribution in [2.75, 3.05) is 33.5 Å². The van der Waals surface area contributed by atoms with Crippen LogP contribution in [0.3, 0.4) is 0 Å². The van der Waals surface area contributed by atoms with Crippen molar-refractivity contribution in [3.8, 4) is 0 Å².